The number of amides is 2. The zero-order valence-electron chi connectivity index (χ0n) is 14.9. The second-order valence-electron chi connectivity index (χ2n) is 6.46. The van der Waals surface area contributed by atoms with Crippen LogP contribution in [0.15, 0.2) is 63.5 Å². The fourth-order valence-electron chi connectivity index (χ4n) is 3.38. The summed E-state index contributed by atoms with van der Waals surface area (Å²) in [6.07, 6.45) is 0. The van der Waals surface area contributed by atoms with Crippen LogP contribution in [0.3, 0.4) is 0 Å². The van der Waals surface area contributed by atoms with Gasteiger partial charge in [0.05, 0.1) is 4.92 Å². The van der Waals surface area contributed by atoms with Gasteiger partial charge in [-0.2, -0.15) is 4.90 Å². The molecule has 1 aliphatic heterocycles. The molecule has 1 aliphatic rings. The predicted molar refractivity (Wildman–Crippen MR) is 109 cm³/mol. The van der Waals surface area contributed by atoms with E-state index in [2.05, 4.69) is 26.1 Å². The van der Waals surface area contributed by atoms with E-state index in [4.69, 9.17) is 4.42 Å². The highest BCUT2D eigenvalue weighted by atomic mass is 79.9. The second-order valence-corrected chi connectivity index (χ2v) is 7.32. The summed E-state index contributed by atoms with van der Waals surface area (Å²) in [5.74, 6) is -1.12. The molecular weight excluding hydrogens is 456 g/mol. The summed E-state index contributed by atoms with van der Waals surface area (Å²) < 4.78 is 6.34. The Morgan fingerprint density at radius 3 is 2.33 bits per heavy atom. The van der Waals surface area contributed by atoms with E-state index in [-0.39, 0.29) is 17.6 Å². The number of imide groups is 1. The van der Waals surface area contributed by atoms with Crippen molar-refractivity contribution >= 4 is 50.2 Å². The van der Waals surface area contributed by atoms with Gasteiger partial charge in [-0.1, -0.05) is 33.2 Å². The first-order chi connectivity index (χ1) is 14.5. The van der Waals surface area contributed by atoms with Gasteiger partial charge in [0.2, 0.25) is 5.89 Å². The Balaban J connectivity index is 1.57. The van der Waals surface area contributed by atoms with Crippen molar-refractivity contribution in [1.29, 1.82) is 0 Å². The van der Waals surface area contributed by atoms with Crippen LogP contribution in [-0.2, 0) is 0 Å². The number of carbonyl (C=O) groups is 2. The smallest absolute Gasteiger partial charge is 0.332 e. The molecule has 2 amide bonds. The number of hydrogen-bond acceptors (Lipinski definition) is 7. The van der Waals surface area contributed by atoms with Crippen molar-refractivity contribution in [1.82, 2.24) is 10.2 Å². The van der Waals surface area contributed by atoms with Crippen LogP contribution in [0.4, 0.5) is 11.7 Å². The standard InChI is InChI=1S/C20H9BrN4O5/c21-15-9-8-14-16-12(15)2-1-3-13(16)18(26)24(19(14)27)20-23-22-17(30-20)10-4-6-11(7-5-10)25(28)29/h1-9H. The topological polar surface area (TPSA) is 119 Å². The Hall–Kier alpha value is -3.92. The molecule has 30 heavy (non-hydrogen) atoms. The van der Waals surface area contributed by atoms with E-state index in [9.17, 15) is 19.7 Å². The fraction of sp³-hybridized carbons (Fsp3) is 0. The fourth-order valence-corrected chi connectivity index (χ4v) is 3.85. The van der Waals surface area contributed by atoms with Crippen molar-refractivity contribution in [3.8, 4) is 11.5 Å². The van der Waals surface area contributed by atoms with E-state index in [0.717, 1.165) is 14.8 Å². The van der Waals surface area contributed by atoms with Crippen LogP contribution in [0, 0.1) is 10.1 Å². The van der Waals surface area contributed by atoms with Crippen LogP contribution in [0.25, 0.3) is 22.2 Å². The summed E-state index contributed by atoms with van der Waals surface area (Å²) in [7, 11) is 0. The Labute approximate surface area is 176 Å². The number of anilines is 1. The molecule has 9 nitrogen and oxygen atoms in total. The van der Waals surface area contributed by atoms with Gasteiger partial charge in [-0.3, -0.25) is 19.7 Å². The van der Waals surface area contributed by atoms with Crippen molar-refractivity contribution in [2.24, 2.45) is 0 Å². The summed E-state index contributed by atoms with van der Waals surface area (Å²) in [6.45, 7) is 0. The predicted octanol–water partition coefficient (Wildman–Crippen LogP) is 4.36. The average Bonchev–Trinajstić information content (AvgIpc) is 3.23. The van der Waals surface area contributed by atoms with E-state index in [1.807, 2.05) is 6.07 Å². The Kier molecular flexibility index (Phi) is 3.97. The maximum atomic E-state index is 13.1. The van der Waals surface area contributed by atoms with Crippen LogP contribution >= 0.6 is 15.9 Å². The van der Waals surface area contributed by atoms with Gasteiger partial charge in [0, 0.05) is 38.7 Å². The zero-order valence-corrected chi connectivity index (χ0v) is 16.5. The molecule has 10 heteroatoms. The van der Waals surface area contributed by atoms with E-state index in [1.165, 1.54) is 24.3 Å². The molecule has 146 valence electrons. The monoisotopic (exact) mass is 464 g/mol. The summed E-state index contributed by atoms with van der Waals surface area (Å²) >= 11 is 3.44. The minimum absolute atomic E-state index is 0.0281. The Morgan fingerprint density at radius 1 is 0.933 bits per heavy atom. The number of carbonyl (C=O) groups excluding carboxylic acids is 2. The number of nitro benzene ring substituents is 1. The number of non-ortho nitro benzene ring substituents is 1. The molecule has 0 saturated heterocycles. The Morgan fingerprint density at radius 2 is 1.63 bits per heavy atom. The number of benzene rings is 3. The number of rotatable bonds is 3. The zero-order chi connectivity index (χ0) is 21.0. The van der Waals surface area contributed by atoms with E-state index >= 15 is 0 Å². The van der Waals surface area contributed by atoms with Gasteiger partial charge in [0.15, 0.2) is 0 Å². The molecule has 0 aliphatic carbocycles. The normalized spacial score (nSPS) is 13.2. The highest BCUT2D eigenvalue weighted by Gasteiger charge is 2.37. The molecule has 0 bridgehead atoms. The van der Waals surface area contributed by atoms with Crippen molar-refractivity contribution in [2.75, 3.05) is 4.90 Å². The minimum atomic E-state index is -0.574. The largest absolute Gasteiger partial charge is 0.403 e. The lowest BCUT2D eigenvalue weighted by Gasteiger charge is -2.24. The summed E-state index contributed by atoms with van der Waals surface area (Å²) in [4.78, 5) is 37.3. The number of aromatic nitrogens is 2. The van der Waals surface area contributed by atoms with Gasteiger partial charge in [-0.15, -0.1) is 5.10 Å². The number of nitro groups is 1. The number of hydrogen-bond donors (Lipinski definition) is 0. The van der Waals surface area contributed by atoms with Gasteiger partial charge in [-0.25, -0.2) is 0 Å². The molecule has 3 aromatic carbocycles. The molecule has 1 aromatic heterocycles. The molecule has 0 radical (unpaired) electrons. The molecule has 0 fully saturated rings. The van der Waals surface area contributed by atoms with Crippen molar-refractivity contribution in [2.45, 2.75) is 0 Å². The molecule has 0 atom stereocenters. The van der Waals surface area contributed by atoms with Crippen LogP contribution in [0.1, 0.15) is 20.7 Å². The second kappa shape index (κ2) is 6.56. The van der Waals surface area contributed by atoms with Gasteiger partial charge >= 0.3 is 6.01 Å². The molecule has 0 unspecified atom stereocenters. The lowest BCUT2D eigenvalue weighted by atomic mass is 9.94. The maximum absolute atomic E-state index is 13.1. The van der Waals surface area contributed by atoms with Crippen molar-refractivity contribution in [3.63, 3.8) is 0 Å². The molecular formula is C20H9BrN4O5. The number of nitrogens with zero attached hydrogens (tertiary/aromatic N) is 4. The van der Waals surface area contributed by atoms with Crippen molar-refractivity contribution in [3.05, 3.63) is 80.3 Å². The highest BCUT2D eigenvalue weighted by molar-refractivity contribution is 9.10. The first kappa shape index (κ1) is 18.1. The average molecular weight is 465 g/mol. The van der Waals surface area contributed by atoms with E-state index < -0.39 is 16.7 Å². The summed E-state index contributed by atoms with van der Waals surface area (Å²) in [5, 5.41) is 19.9. The van der Waals surface area contributed by atoms with Gasteiger partial charge in [0.1, 0.15) is 0 Å². The number of halogens is 1. The highest BCUT2D eigenvalue weighted by Crippen LogP contribution is 2.36. The molecule has 0 N–H and O–H groups in total. The lowest BCUT2D eigenvalue weighted by molar-refractivity contribution is -0.384. The summed E-state index contributed by atoms with van der Waals surface area (Å²) in [6, 6.07) is 13.8. The molecule has 2 heterocycles. The van der Waals surface area contributed by atoms with E-state index in [0.29, 0.717) is 22.1 Å². The first-order valence-electron chi connectivity index (χ1n) is 8.64. The van der Waals surface area contributed by atoms with Gasteiger partial charge in [0.25, 0.3) is 17.5 Å². The lowest BCUT2D eigenvalue weighted by Crippen LogP contribution is -2.40. The molecule has 5 rings (SSSR count). The van der Waals surface area contributed by atoms with Gasteiger partial charge in [-0.05, 0) is 35.7 Å². The van der Waals surface area contributed by atoms with Crippen LogP contribution in [0.5, 0.6) is 0 Å². The summed E-state index contributed by atoms with van der Waals surface area (Å²) in [5.41, 5.74) is 1.02. The van der Waals surface area contributed by atoms with Crippen molar-refractivity contribution < 1.29 is 18.9 Å². The third-order valence-corrected chi connectivity index (χ3v) is 5.48. The third-order valence-electron chi connectivity index (χ3n) is 4.79. The van der Waals surface area contributed by atoms with Crippen LogP contribution in [-0.4, -0.2) is 26.9 Å². The maximum Gasteiger partial charge on any atom is 0.332 e. The van der Waals surface area contributed by atoms with Crippen LogP contribution in [0.2, 0.25) is 0 Å². The SMILES string of the molecule is O=C1c2cccc3c(Br)ccc(c23)C(=O)N1c1nnc(-c2ccc([N+](=O)[O-])cc2)o1. The third kappa shape index (κ3) is 2.61. The van der Waals surface area contributed by atoms with E-state index in [1.54, 1.807) is 24.3 Å². The Bertz CT molecular complexity index is 1360. The van der Waals surface area contributed by atoms with Crippen LogP contribution < -0.4 is 4.90 Å². The quantitative estimate of drug-likeness (QED) is 0.251. The molecule has 0 saturated carbocycles. The minimum Gasteiger partial charge on any atom is -0.403 e. The van der Waals surface area contributed by atoms with Gasteiger partial charge < -0.3 is 4.42 Å². The molecule has 4 aromatic rings. The first-order valence-corrected chi connectivity index (χ1v) is 9.43. The molecule has 0 spiro atoms.